The minimum Gasteiger partial charge on any atom is -0.458 e. The highest BCUT2D eigenvalue weighted by Crippen LogP contribution is 2.38. The van der Waals surface area contributed by atoms with E-state index in [1.807, 2.05) is 0 Å². The Hall–Kier alpha value is -6.94. The Morgan fingerprint density at radius 1 is 0.386 bits per heavy atom. The fraction of sp³-hybridized carbons (Fsp3) is 0.0370. The summed E-state index contributed by atoms with van der Waals surface area (Å²) in [5.41, 5.74) is 10.5. The van der Waals surface area contributed by atoms with Crippen molar-refractivity contribution < 1.29 is 4.74 Å². The Balaban J connectivity index is 1.13. The van der Waals surface area contributed by atoms with Gasteiger partial charge in [0.15, 0.2) is 8.07 Å². The van der Waals surface area contributed by atoms with E-state index < -0.39 is 8.07 Å². The van der Waals surface area contributed by atoms with Crippen LogP contribution in [-0.2, 0) is 0 Å². The standard InChI is InChI=1S/C54H41NOSi/c1-38-20-34-53-51(36-38)56-52-37-39(2)21-35-54(52)57(53,47-16-7-4-8-17-47)48-32-30-46(31-33-48)55(44-26-22-41(23-27-44)40-12-5-3-6-13-40)45-28-24-43(25-29-45)50-19-11-15-42-14-9-10-18-49(42)50/h3-37H,1-2H3. The number of rotatable bonds is 7. The predicted octanol–water partition coefficient (Wildman–Crippen LogP) is 11.7. The second-order valence-electron chi connectivity index (χ2n) is 15.1. The van der Waals surface area contributed by atoms with Crippen LogP contribution in [0.4, 0.5) is 17.1 Å². The maximum Gasteiger partial charge on any atom is 0.188 e. The summed E-state index contributed by atoms with van der Waals surface area (Å²) >= 11 is 0. The van der Waals surface area contributed by atoms with E-state index in [9.17, 15) is 0 Å². The molecule has 1 aliphatic rings. The molecule has 2 nitrogen and oxygen atoms in total. The molecule has 0 aromatic heterocycles. The van der Waals surface area contributed by atoms with Crippen molar-refractivity contribution in [3.63, 3.8) is 0 Å². The Morgan fingerprint density at radius 2 is 0.860 bits per heavy atom. The second-order valence-corrected chi connectivity index (χ2v) is 18.8. The monoisotopic (exact) mass is 747 g/mol. The normalized spacial score (nSPS) is 12.7. The van der Waals surface area contributed by atoms with E-state index in [1.165, 1.54) is 64.9 Å². The minimum atomic E-state index is -2.79. The quantitative estimate of drug-likeness (QED) is 0.151. The molecule has 0 unspecified atom stereocenters. The topological polar surface area (TPSA) is 12.5 Å². The zero-order valence-corrected chi connectivity index (χ0v) is 33.1. The maximum absolute atomic E-state index is 6.75. The van der Waals surface area contributed by atoms with Gasteiger partial charge in [0.2, 0.25) is 0 Å². The van der Waals surface area contributed by atoms with Crippen LogP contribution in [0.15, 0.2) is 212 Å². The van der Waals surface area contributed by atoms with Gasteiger partial charge in [0.05, 0.1) is 0 Å². The van der Waals surface area contributed by atoms with Crippen LogP contribution < -0.4 is 30.4 Å². The van der Waals surface area contributed by atoms with E-state index in [2.05, 4.69) is 231 Å². The van der Waals surface area contributed by atoms with Crippen molar-refractivity contribution in [1.82, 2.24) is 0 Å². The Bertz CT molecular complexity index is 2810. The van der Waals surface area contributed by atoms with Crippen LogP contribution in [0.5, 0.6) is 11.5 Å². The third-order valence-corrected chi connectivity index (χ3v) is 16.4. The van der Waals surface area contributed by atoms with Gasteiger partial charge in [0.25, 0.3) is 0 Å². The molecular weight excluding hydrogens is 707 g/mol. The molecule has 10 rings (SSSR count). The molecular formula is C54H41NOSi. The molecule has 57 heavy (non-hydrogen) atoms. The lowest BCUT2D eigenvalue weighted by Crippen LogP contribution is -2.76. The number of aryl methyl sites for hydroxylation is 2. The van der Waals surface area contributed by atoms with Crippen LogP contribution in [0.2, 0.25) is 0 Å². The molecule has 0 fully saturated rings. The first kappa shape index (κ1) is 34.5. The summed E-state index contributed by atoms with van der Waals surface area (Å²) in [6.07, 6.45) is 0. The molecule has 0 saturated heterocycles. The molecule has 9 aromatic carbocycles. The SMILES string of the molecule is Cc1ccc2c(c1)Oc1cc(C)ccc1[Si]2(c1ccccc1)c1ccc(N(c2ccc(-c3ccccc3)cc2)c2ccc(-c3cccc4ccccc34)cc2)cc1. The van der Waals surface area contributed by atoms with E-state index in [0.29, 0.717) is 0 Å². The van der Waals surface area contributed by atoms with Gasteiger partial charge in [-0.1, -0.05) is 164 Å². The largest absolute Gasteiger partial charge is 0.458 e. The van der Waals surface area contributed by atoms with Gasteiger partial charge >= 0.3 is 0 Å². The van der Waals surface area contributed by atoms with Crippen molar-refractivity contribution in [2.24, 2.45) is 0 Å². The third kappa shape index (κ3) is 6.04. The fourth-order valence-corrected chi connectivity index (χ4v) is 13.7. The van der Waals surface area contributed by atoms with Crippen molar-refractivity contribution in [2.45, 2.75) is 13.8 Å². The molecule has 0 radical (unpaired) electrons. The van der Waals surface area contributed by atoms with Gasteiger partial charge in [-0.25, -0.2) is 0 Å². The van der Waals surface area contributed by atoms with Crippen LogP contribution >= 0.6 is 0 Å². The summed E-state index contributed by atoms with van der Waals surface area (Å²) < 4.78 is 6.75. The van der Waals surface area contributed by atoms with E-state index in [1.54, 1.807) is 0 Å². The first-order valence-electron chi connectivity index (χ1n) is 19.7. The van der Waals surface area contributed by atoms with Gasteiger partial charge in [-0.05, 0) is 127 Å². The van der Waals surface area contributed by atoms with Crippen LogP contribution in [0.25, 0.3) is 33.0 Å². The highest BCUT2D eigenvalue weighted by atomic mass is 28.3. The van der Waals surface area contributed by atoms with Crippen LogP contribution in [-0.4, -0.2) is 8.07 Å². The molecule has 0 amide bonds. The van der Waals surface area contributed by atoms with Crippen molar-refractivity contribution in [3.8, 4) is 33.8 Å². The van der Waals surface area contributed by atoms with Gasteiger partial charge in [-0.3, -0.25) is 0 Å². The van der Waals surface area contributed by atoms with Crippen LogP contribution in [0, 0.1) is 13.8 Å². The molecule has 0 saturated carbocycles. The van der Waals surface area contributed by atoms with Crippen LogP contribution in [0.1, 0.15) is 11.1 Å². The van der Waals surface area contributed by atoms with Gasteiger partial charge in [-0.15, -0.1) is 0 Å². The summed E-state index contributed by atoms with van der Waals surface area (Å²) in [6, 6.07) is 77.8. The first-order chi connectivity index (χ1) is 28.1. The smallest absolute Gasteiger partial charge is 0.188 e. The number of anilines is 3. The number of fused-ring (bicyclic) bond motifs is 3. The average molecular weight is 748 g/mol. The Labute approximate surface area is 335 Å². The summed E-state index contributed by atoms with van der Waals surface area (Å²) in [5, 5.41) is 7.72. The van der Waals surface area contributed by atoms with Gasteiger partial charge in [0.1, 0.15) is 11.5 Å². The second kappa shape index (κ2) is 14.3. The molecule has 0 atom stereocenters. The number of nitrogens with zero attached hydrogens (tertiary/aromatic N) is 1. The molecule has 3 heteroatoms. The summed E-state index contributed by atoms with van der Waals surface area (Å²) in [7, 11) is -2.79. The first-order valence-corrected chi connectivity index (χ1v) is 21.7. The highest BCUT2D eigenvalue weighted by Gasteiger charge is 2.48. The number of hydrogen-bond acceptors (Lipinski definition) is 2. The summed E-state index contributed by atoms with van der Waals surface area (Å²) in [5.74, 6) is 1.92. The van der Waals surface area contributed by atoms with Crippen molar-refractivity contribution >= 4 is 56.7 Å². The zero-order chi connectivity index (χ0) is 38.3. The van der Waals surface area contributed by atoms with E-state index in [0.717, 1.165) is 28.6 Å². The minimum absolute atomic E-state index is 0.958. The van der Waals surface area contributed by atoms with E-state index in [-0.39, 0.29) is 0 Å². The van der Waals surface area contributed by atoms with Crippen molar-refractivity contribution in [2.75, 3.05) is 4.90 Å². The molecule has 272 valence electrons. The van der Waals surface area contributed by atoms with E-state index in [4.69, 9.17) is 4.74 Å². The number of hydrogen-bond donors (Lipinski definition) is 0. The lowest BCUT2D eigenvalue weighted by molar-refractivity contribution is 0.486. The lowest BCUT2D eigenvalue weighted by Gasteiger charge is -2.40. The summed E-state index contributed by atoms with van der Waals surface area (Å²) in [6.45, 7) is 4.29. The van der Waals surface area contributed by atoms with Gasteiger partial charge in [0, 0.05) is 17.1 Å². The lowest BCUT2D eigenvalue weighted by atomic mass is 9.98. The molecule has 1 heterocycles. The van der Waals surface area contributed by atoms with E-state index >= 15 is 0 Å². The Morgan fingerprint density at radius 3 is 1.47 bits per heavy atom. The molecule has 0 bridgehead atoms. The maximum atomic E-state index is 6.75. The average Bonchev–Trinajstić information content (AvgIpc) is 3.27. The number of ether oxygens (including phenoxy) is 1. The third-order valence-electron chi connectivity index (χ3n) is 11.5. The molecule has 0 aliphatic carbocycles. The molecule has 1 aliphatic heterocycles. The predicted molar refractivity (Wildman–Crippen MR) is 243 cm³/mol. The highest BCUT2D eigenvalue weighted by molar-refractivity contribution is 7.20. The number of benzene rings is 9. The van der Waals surface area contributed by atoms with Gasteiger partial charge in [-0.2, -0.15) is 0 Å². The molecule has 0 N–H and O–H groups in total. The van der Waals surface area contributed by atoms with Gasteiger partial charge < -0.3 is 9.64 Å². The van der Waals surface area contributed by atoms with Crippen molar-refractivity contribution in [3.05, 3.63) is 223 Å². The molecule has 0 spiro atoms. The Kier molecular flexibility index (Phi) is 8.66. The summed E-state index contributed by atoms with van der Waals surface area (Å²) in [4.78, 5) is 2.38. The molecule has 9 aromatic rings. The van der Waals surface area contributed by atoms with Crippen molar-refractivity contribution in [1.29, 1.82) is 0 Å². The zero-order valence-electron chi connectivity index (χ0n) is 32.1. The van der Waals surface area contributed by atoms with Crippen LogP contribution in [0.3, 0.4) is 0 Å². The fourth-order valence-electron chi connectivity index (χ4n) is 8.80.